The zero-order chi connectivity index (χ0) is 19.4. The molecule has 1 heterocycles. The van der Waals surface area contributed by atoms with E-state index in [1.165, 1.54) is 5.56 Å². The van der Waals surface area contributed by atoms with Crippen molar-refractivity contribution in [2.75, 3.05) is 26.1 Å². The van der Waals surface area contributed by atoms with Crippen LogP contribution in [0.25, 0.3) is 0 Å². The molecule has 0 spiro atoms. The smallest absolute Gasteiger partial charge is 0.313 e. The van der Waals surface area contributed by atoms with Gasteiger partial charge in [-0.2, -0.15) is 0 Å². The molecule has 1 aliphatic rings. The maximum atomic E-state index is 12.6. The van der Waals surface area contributed by atoms with Gasteiger partial charge in [-0.25, -0.2) is 0 Å². The van der Waals surface area contributed by atoms with Gasteiger partial charge in [-0.1, -0.05) is 19.1 Å². The van der Waals surface area contributed by atoms with Gasteiger partial charge in [0, 0.05) is 18.8 Å². The number of nitrogens with zero attached hydrogens (tertiary/aromatic N) is 1. The van der Waals surface area contributed by atoms with Crippen LogP contribution in [0, 0.1) is 0 Å². The zero-order valence-corrected chi connectivity index (χ0v) is 15.9. The van der Waals surface area contributed by atoms with Gasteiger partial charge in [-0.3, -0.25) is 9.59 Å². The van der Waals surface area contributed by atoms with Gasteiger partial charge >= 0.3 is 11.8 Å². The summed E-state index contributed by atoms with van der Waals surface area (Å²) in [7, 11) is 3.17. The van der Waals surface area contributed by atoms with Crippen molar-refractivity contribution in [1.29, 1.82) is 0 Å². The maximum Gasteiger partial charge on any atom is 0.313 e. The van der Waals surface area contributed by atoms with E-state index in [9.17, 15) is 9.59 Å². The number of fused-ring (bicyclic) bond motifs is 1. The fraction of sp³-hybridized carbons (Fsp3) is 0.333. The first-order chi connectivity index (χ1) is 13.0. The van der Waals surface area contributed by atoms with Crippen molar-refractivity contribution in [3.05, 3.63) is 53.1 Å². The van der Waals surface area contributed by atoms with Crippen LogP contribution >= 0.6 is 0 Å². The Hall–Kier alpha value is -3.02. The number of carbonyl (C=O) groups is 2. The SMILES string of the molecule is CCc1ccc(NC(=O)C(=O)N2CCc3cc(OC)c(OC)cc3C2)cc1. The molecule has 0 unspecified atom stereocenters. The molecule has 6 heteroatoms. The number of nitrogens with one attached hydrogen (secondary N) is 1. The van der Waals surface area contributed by atoms with Crippen LogP contribution in [-0.4, -0.2) is 37.5 Å². The first-order valence-electron chi connectivity index (χ1n) is 8.98. The summed E-state index contributed by atoms with van der Waals surface area (Å²) in [5, 5.41) is 2.68. The van der Waals surface area contributed by atoms with Crippen LogP contribution in [0.15, 0.2) is 36.4 Å². The lowest BCUT2D eigenvalue weighted by Gasteiger charge is -2.29. The summed E-state index contributed by atoms with van der Waals surface area (Å²) < 4.78 is 10.7. The molecule has 0 saturated carbocycles. The molecule has 0 bridgehead atoms. The first-order valence-corrected chi connectivity index (χ1v) is 8.98. The Labute approximate surface area is 159 Å². The molecule has 2 aromatic rings. The summed E-state index contributed by atoms with van der Waals surface area (Å²) in [6, 6.07) is 11.3. The van der Waals surface area contributed by atoms with E-state index in [0.29, 0.717) is 36.7 Å². The summed E-state index contributed by atoms with van der Waals surface area (Å²) in [4.78, 5) is 26.5. The average molecular weight is 368 g/mol. The van der Waals surface area contributed by atoms with E-state index in [0.717, 1.165) is 17.5 Å². The normalized spacial score (nSPS) is 12.9. The van der Waals surface area contributed by atoms with E-state index in [-0.39, 0.29) is 0 Å². The Morgan fingerprint density at radius 3 is 2.26 bits per heavy atom. The van der Waals surface area contributed by atoms with Gasteiger partial charge < -0.3 is 19.7 Å². The molecule has 2 aromatic carbocycles. The van der Waals surface area contributed by atoms with Crippen LogP contribution in [0.3, 0.4) is 0 Å². The lowest BCUT2D eigenvalue weighted by Crippen LogP contribution is -2.42. The van der Waals surface area contributed by atoms with Crippen molar-refractivity contribution in [2.45, 2.75) is 26.3 Å². The largest absolute Gasteiger partial charge is 0.493 e. The van der Waals surface area contributed by atoms with E-state index < -0.39 is 11.8 Å². The van der Waals surface area contributed by atoms with E-state index in [2.05, 4.69) is 12.2 Å². The molecule has 0 atom stereocenters. The number of hydrogen-bond donors (Lipinski definition) is 1. The Kier molecular flexibility index (Phi) is 5.64. The summed E-state index contributed by atoms with van der Waals surface area (Å²) >= 11 is 0. The average Bonchev–Trinajstić information content (AvgIpc) is 2.72. The van der Waals surface area contributed by atoms with E-state index >= 15 is 0 Å². The monoisotopic (exact) mass is 368 g/mol. The van der Waals surface area contributed by atoms with Crippen LogP contribution < -0.4 is 14.8 Å². The topological polar surface area (TPSA) is 67.9 Å². The molecule has 0 aromatic heterocycles. The molecule has 0 aliphatic carbocycles. The van der Waals surface area contributed by atoms with Crippen molar-refractivity contribution in [3.8, 4) is 11.5 Å². The third-order valence-electron chi connectivity index (χ3n) is 4.82. The quantitative estimate of drug-likeness (QED) is 0.843. The van der Waals surface area contributed by atoms with E-state index in [1.54, 1.807) is 19.1 Å². The standard InChI is InChI=1S/C21H24N2O4/c1-4-14-5-7-17(8-6-14)22-20(24)21(25)23-10-9-15-11-18(26-2)19(27-3)12-16(15)13-23/h5-8,11-12H,4,9-10,13H2,1-3H3,(H,22,24). The predicted octanol–water partition coefficient (Wildman–Crippen LogP) is 2.79. The fourth-order valence-corrected chi connectivity index (χ4v) is 3.21. The van der Waals surface area contributed by atoms with Gasteiger partial charge in [0.15, 0.2) is 11.5 Å². The minimum atomic E-state index is -0.622. The summed E-state index contributed by atoms with van der Waals surface area (Å²) in [5.74, 6) is 0.133. The summed E-state index contributed by atoms with van der Waals surface area (Å²) in [6.45, 7) is 2.93. The number of ether oxygens (including phenoxy) is 2. The third-order valence-corrected chi connectivity index (χ3v) is 4.82. The number of amides is 2. The molecule has 6 nitrogen and oxygen atoms in total. The number of benzene rings is 2. The molecule has 1 N–H and O–H groups in total. The molecule has 2 amide bonds. The van der Waals surface area contributed by atoms with Crippen molar-refractivity contribution in [3.63, 3.8) is 0 Å². The zero-order valence-electron chi connectivity index (χ0n) is 15.9. The van der Waals surface area contributed by atoms with E-state index in [4.69, 9.17) is 9.47 Å². The highest BCUT2D eigenvalue weighted by molar-refractivity contribution is 6.39. The Morgan fingerprint density at radius 2 is 1.67 bits per heavy atom. The van der Waals surface area contributed by atoms with E-state index in [1.807, 2.05) is 36.4 Å². The Balaban J connectivity index is 1.70. The highest BCUT2D eigenvalue weighted by Gasteiger charge is 2.27. The highest BCUT2D eigenvalue weighted by atomic mass is 16.5. The van der Waals surface area contributed by atoms with Gasteiger partial charge in [0.2, 0.25) is 0 Å². The highest BCUT2D eigenvalue weighted by Crippen LogP contribution is 2.33. The molecule has 0 fully saturated rings. The van der Waals surface area contributed by atoms with Gasteiger partial charge in [0.1, 0.15) is 0 Å². The van der Waals surface area contributed by atoms with Crippen LogP contribution in [-0.2, 0) is 29.0 Å². The Bertz CT molecular complexity index is 846. The first kappa shape index (κ1) is 18.8. The van der Waals surface area contributed by atoms with Crippen molar-refractivity contribution >= 4 is 17.5 Å². The molecule has 142 valence electrons. The van der Waals surface area contributed by atoms with Crippen LogP contribution in [0.1, 0.15) is 23.6 Å². The van der Waals surface area contributed by atoms with Crippen molar-refractivity contribution in [2.24, 2.45) is 0 Å². The third kappa shape index (κ3) is 4.05. The summed E-state index contributed by atoms with van der Waals surface area (Å²) in [6.07, 6.45) is 1.59. The van der Waals surface area contributed by atoms with Gasteiger partial charge in [0.25, 0.3) is 0 Å². The second kappa shape index (κ2) is 8.12. The molecule has 3 rings (SSSR count). The summed E-state index contributed by atoms with van der Waals surface area (Å²) in [5.41, 5.74) is 3.87. The van der Waals surface area contributed by atoms with Gasteiger partial charge in [-0.05, 0) is 53.8 Å². The maximum absolute atomic E-state index is 12.6. The number of methoxy groups -OCH3 is 2. The van der Waals surface area contributed by atoms with Crippen LogP contribution in [0.4, 0.5) is 5.69 Å². The minimum absolute atomic E-state index is 0.372. The van der Waals surface area contributed by atoms with Gasteiger partial charge in [0.05, 0.1) is 14.2 Å². The molecule has 0 saturated heterocycles. The van der Waals surface area contributed by atoms with Crippen molar-refractivity contribution in [1.82, 2.24) is 4.90 Å². The number of carbonyl (C=O) groups excluding carboxylic acids is 2. The fourth-order valence-electron chi connectivity index (χ4n) is 3.21. The van der Waals surface area contributed by atoms with Gasteiger partial charge in [-0.15, -0.1) is 0 Å². The molecule has 27 heavy (non-hydrogen) atoms. The lowest BCUT2D eigenvalue weighted by molar-refractivity contribution is -0.143. The lowest BCUT2D eigenvalue weighted by atomic mass is 9.98. The molecule has 1 aliphatic heterocycles. The number of rotatable bonds is 4. The second-order valence-electron chi connectivity index (χ2n) is 6.46. The number of aryl methyl sites for hydroxylation is 1. The Morgan fingerprint density at radius 1 is 1.04 bits per heavy atom. The minimum Gasteiger partial charge on any atom is -0.493 e. The van der Waals surface area contributed by atoms with Crippen LogP contribution in [0.2, 0.25) is 0 Å². The second-order valence-corrected chi connectivity index (χ2v) is 6.46. The number of hydrogen-bond acceptors (Lipinski definition) is 4. The van der Waals surface area contributed by atoms with Crippen molar-refractivity contribution < 1.29 is 19.1 Å². The number of anilines is 1. The van der Waals surface area contributed by atoms with Crippen LogP contribution in [0.5, 0.6) is 11.5 Å². The molecular formula is C21H24N2O4. The molecular weight excluding hydrogens is 344 g/mol. The molecule has 0 radical (unpaired) electrons. The predicted molar refractivity (Wildman–Crippen MR) is 103 cm³/mol.